The summed E-state index contributed by atoms with van der Waals surface area (Å²) in [4.78, 5) is 11.5. The molecule has 1 aromatic carbocycles. The highest BCUT2D eigenvalue weighted by atomic mass is 79.9. The number of halogens is 1. The Bertz CT molecular complexity index is 454. The Labute approximate surface area is 109 Å². The maximum absolute atomic E-state index is 11.5. The number of rotatable bonds is 4. The van der Waals surface area contributed by atoms with E-state index in [-0.39, 0.29) is 5.97 Å². The Morgan fingerprint density at radius 3 is 2.94 bits per heavy atom. The van der Waals surface area contributed by atoms with Crippen molar-refractivity contribution in [1.82, 2.24) is 0 Å². The second kappa shape index (κ2) is 6.26. The van der Waals surface area contributed by atoms with Crippen molar-refractivity contribution in [3.8, 4) is 6.07 Å². The molecule has 4 nitrogen and oxygen atoms in total. The number of esters is 1. The Morgan fingerprint density at radius 2 is 2.35 bits per heavy atom. The molecule has 17 heavy (non-hydrogen) atoms. The molecule has 1 aromatic rings. The van der Waals surface area contributed by atoms with Gasteiger partial charge in [-0.25, -0.2) is 4.79 Å². The van der Waals surface area contributed by atoms with Crippen molar-refractivity contribution in [2.75, 3.05) is 11.9 Å². The van der Waals surface area contributed by atoms with Gasteiger partial charge >= 0.3 is 5.97 Å². The molecule has 0 spiro atoms. The number of nitrogens with zero attached hydrogens (tertiary/aromatic N) is 1. The van der Waals surface area contributed by atoms with Crippen LogP contribution in [0.1, 0.15) is 19.4 Å². The van der Waals surface area contributed by atoms with Crippen LogP contribution in [0.2, 0.25) is 0 Å². The van der Waals surface area contributed by atoms with E-state index in [1.54, 1.807) is 32.0 Å². The smallest absolute Gasteiger partial charge is 0.328 e. The van der Waals surface area contributed by atoms with Crippen molar-refractivity contribution in [3.63, 3.8) is 0 Å². The van der Waals surface area contributed by atoms with Gasteiger partial charge in [-0.1, -0.05) is 15.9 Å². The Kier molecular flexibility index (Phi) is 4.98. The first-order valence-electron chi connectivity index (χ1n) is 5.21. The molecule has 0 aliphatic rings. The van der Waals surface area contributed by atoms with Crippen LogP contribution in [-0.2, 0) is 9.53 Å². The van der Waals surface area contributed by atoms with Gasteiger partial charge < -0.3 is 10.1 Å². The third-order valence-corrected chi connectivity index (χ3v) is 2.61. The molecule has 0 aromatic heterocycles. The molecule has 0 heterocycles. The van der Waals surface area contributed by atoms with Crippen molar-refractivity contribution in [3.05, 3.63) is 28.2 Å². The first-order valence-corrected chi connectivity index (χ1v) is 6.00. The SMILES string of the molecule is CCOC(=O)C(C)Nc1cc(Br)ccc1C#N. The lowest BCUT2D eigenvalue weighted by Gasteiger charge is -2.15. The number of hydrogen-bond acceptors (Lipinski definition) is 4. The number of carbonyl (C=O) groups excluding carboxylic acids is 1. The largest absolute Gasteiger partial charge is 0.464 e. The first-order chi connectivity index (χ1) is 8.08. The van der Waals surface area contributed by atoms with Gasteiger partial charge in [-0.15, -0.1) is 0 Å². The standard InChI is InChI=1S/C12H13BrN2O2/c1-3-17-12(16)8(2)15-11-6-10(13)5-4-9(11)7-14/h4-6,8,15H,3H2,1-2H3. The zero-order valence-corrected chi connectivity index (χ0v) is 11.2. The molecule has 90 valence electrons. The van der Waals surface area contributed by atoms with Crippen LogP contribution >= 0.6 is 15.9 Å². The molecule has 1 unspecified atom stereocenters. The lowest BCUT2D eigenvalue weighted by molar-refractivity contribution is -0.143. The fourth-order valence-corrected chi connectivity index (χ4v) is 1.65. The van der Waals surface area contributed by atoms with E-state index in [2.05, 4.69) is 27.3 Å². The number of ether oxygens (including phenoxy) is 1. The van der Waals surface area contributed by atoms with Crippen LogP contribution in [0.15, 0.2) is 22.7 Å². The molecular formula is C12H13BrN2O2. The zero-order chi connectivity index (χ0) is 12.8. The summed E-state index contributed by atoms with van der Waals surface area (Å²) in [7, 11) is 0. The second-order valence-electron chi connectivity index (χ2n) is 3.42. The molecule has 0 fully saturated rings. The van der Waals surface area contributed by atoms with Crippen LogP contribution in [0.25, 0.3) is 0 Å². The van der Waals surface area contributed by atoms with Gasteiger partial charge in [-0.05, 0) is 32.0 Å². The van der Waals surface area contributed by atoms with Crippen molar-refractivity contribution < 1.29 is 9.53 Å². The Hall–Kier alpha value is -1.54. The van der Waals surface area contributed by atoms with Crippen molar-refractivity contribution >= 4 is 27.6 Å². The highest BCUT2D eigenvalue weighted by molar-refractivity contribution is 9.10. The quantitative estimate of drug-likeness (QED) is 0.868. The lowest BCUT2D eigenvalue weighted by Crippen LogP contribution is -2.28. The van der Waals surface area contributed by atoms with Gasteiger partial charge in [0.1, 0.15) is 12.1 Å². The number of hydrogen-bond donors (Lipinski definition) is 1. The molecular weight excluding hydrogens is 284 g/mol. The van der Waals surface area contributed by atoms with E-state index in [0.29, 0.717) is 17.9 Å². The summed E-state index contributed by atoms with van der Waals surface area (Å²) in [5, 5.41) is 11.9. The van der Waals surface area contributed by atoms with Crippen LogP contribution in [0.4, 0.5) is 5.69 Å². The van der Waals surface area contributed by atoms with Crippen LogP contribution in [0.5, 0.6) is 0 Å². The lowest BCUT2D eigenvalue weighted by atomic mass is 10.2. The molecule has 1 N–H and O–H groups in total. The van der Waals surface area contributed by atoms with Gasteiger partial charge in [-0.2, -0.15) is 5.26 Å². The minimum Gasteiger partial charge on any atom is -0.464 e. The summed E-state index contributed by atoms with van der Waals surface area (Å²) in [6.07, 6.45) is 0. The predicted octanol–water partition coefficient (Wildman–Crippen LogP) is 2.68. The van der Waals surface area contributed by atoms with Gasteiger partial charge in [0.15, 0.2) is 0 Å². The van der Waals surface area contributed by atoms with Crippen LogP contribution < -0.4 is 5.32 Å². The normalized spacial score (nSPS) is 11.4. The van der Waals surface area contributed by atoms with Crippen molar-refractivity contribution in [1.29, 1.82) is 5.26 Å². The average molecular weight is 297 g/mol. The minimum absolute atomic E-state index is 0.337. The molecule has 0 amide bonds. The molecule has 0 aliphatic carbocycles. The van der Waals surface area contributed by atoms with Crippen molar-refractivity contribution in [2.45, 2.75) is 19.9 Å². The zero-order valence-electron chi connectivity index (χ0n) is 9.66. The number of carbonyl (C=O) groups is 1. The molecule has 0 radical (unpaired) electrons. The van der Waals surface area contributed by atoms with E-state index in [9.17, 15) is 4.79 Å². The predicted molar refractivity (Wildman–Crippen MR) is 68.6 cm³/mol. The van der Waals surface area contributed by atoms with E-state index < -0.39 is 6.04 Å². The number of nitriles is 1. The maximum atomic E-state index is 11.5. The number of anilines is 1. The highest BCUT2D eigenvalue weighted by Gasteiger charge is 2.15. The number of benzene rings is 1. The molecule has 0 saturated heterocycles. The molecule has 5 heteroatoms. The van der Waals surface area contributed by atoms with Crippen molar-refractivity contribution in [2.24, 2.45) is 0 Å². The molecule has 1 atom stereocenters. The van der Waals surface area contributed by atoms with Gasteiger partial charge in [0.25, 0.3) is 0 Å². The highest BCUT2D eigenvalue weighted by Crippen LogP contribution is 2.21. The fourth-order valence-electron chi connectivity index (χ4n) is 1.29. The van der Waals surface area contributed by atoms with E-state index in [1.165, 1.54) is 0 Å². The van der Waals surface area contributed by atoms with E-state index in [1.807, 2.05) is 0 Å². The molecule has 1 rings (SSSR count). The third-order valence-electron chi connectivity index (χ3n) is 2.11. The van der Waals surface area contributed by atoms with E-state index in [0.717, 1.165) is 4.47 Å². The summed E-state index contributed by atoms with van der Waals surface area (Å²) in [6, 6.07) is 6.79. The average Bonchev–Trinajstić information content (AvgIpc) is 2.29. The second-order valence-corrected chi connectivity index (χ2v) is 4.34. The summed E-state index contributed by atoms with van der Waals surface area (Å²) >= 11 is 3.32. The minimum atomic E-state index is -0.489. The van der Waals surface area contributed by atoms with E-state index in [4.69, 9.17) is 10.00 Å². The fraction of sp³-hybridized carbons (Fsp3) is 0.333. The summed E-state index contributed by atoms with van der Waals surface area (Å²) in [5.74, 6) is -0.337. The van der Waals surface area contributed by atoms with Gasteiger partial charge in [0.05, 0.1) is 17.9 Å². The number of nitrogens with one attached hydrogen (secondary N) is 1. The van der Waals surface area contributed by atoms with Crippen LogP contribution in [0, 0.1) is 11.3 Å². The Morgan fingerprint density at radius 1 is 1.65 bits per heavy atom. The summed E-state index contributed by atoms with van der Waals surface area (Å²) in [5.41, 5.74) is 1.10. The van der Waals surface area contributed by atoms with E-state index >= 15 is 0 Å². The van der Waals surface area contributed by atoms with Gasteiger partial charge in [0, 0.05) is 4.47 Å². The third kappa shape index (κ3) is 3.75. The topological polar surface area (TPSA) is 62.1 Å². The van der Waals surface area contributed by atoms with Crippen LogP contribution in [-0.4, -0.2) is 18.6 Å². The van der Waals surface area contributed by atoms with Gasteiger partial charge in [-0.3, -0.25) is 0 Å². The first kappa shape index (κ1) is 13.5. The maximum Gasteiger partial charge on any atom is 0.328 e. The summed E-state index contributed by atoms with van der Waals surface area (Å²) in [6.45, 7) is 3.79. The molecule has 0 aliphatic heterocycles. The Balaban J connectivity index is 2.84. The monoisotopic (exact) mass is 296 g/mol. The summed E-state index contributed by atoms with van der Waals surface area (Å²) < 4.78 is 5.73. The van der Waals surface area contributed by atoms with Crippen LogP contribution in [0.3, 0.4) is 0 Å². The molecule has 0 bridgehead atoms. The molecule has 0 saturated carbocycles. The van der Waals surface area contributed by atoms with Gasteiger partial charge in [0.2, 0.25) is 0 Å².